The Morgan fingerprint density at radius 3 is 2.10 bits per heavy atom. The summed E-state index contributed by atoms with van der Waals surface area (Å²) in [6.45, 7) is 2.59. The summed E-state index contributed by atoms with van der Waals surface area (Å²) in [4.78, 5) is 33.1. The predicted molar refractivity (Wildman–Crippen MR) is 173 cm³/mol. The van der Waals surface area contributed by atoms with E-state index in [-0.39, 0.29) is 24.0 Å². The van der Waals surface area contributed by atoms with E-state index in [1.54, 1.807) is 43.3 Å². The van der Waals surface area contributed by atoms with Crippen molar-refractivity contribution in [2.75, 3.05) is 13.2 Å². The lowest BCUT2D eigenvalue weighted by Crippen LogP contribution is -2.53. The minimum absolute atomic E-state index is 0.0355. The predicted octanol–water partition coefficient (Wildman–Crippen LogP) is 9.00. The maximum absolute atomic E-state index is 14.7. The number of hydrogen-bond acceptors (Lipinski definition) is 6. The van der Waals surface area contributed by atoms with Crippen LogP contribution in [0.15, 0.2) is 72.8 Å². The Hall–Kier alpha value is -4.75. The number of esters is 1. The van der Waals surface area contributed by atoms with Crippen molar-refractivity contribution >= 4 is 18.3 Å². The molecule has 8 nitrogen and oxygen atoms in total. The second-order valence-electron chi connectivity index (χ2n) is 11.6. The molecule has 1 unspecified atom stereocenters. The third kappa shape index (κ3) is 13.6. The summed E-state index contributed by atoms with van der Waals surface area (Å²) < 4.78 is 88.7. The molecule has 0 heterocycles. The summed E-state index contributed by atoms with van der Waals surface area (Å²) in [6.07, 6.45) is -1.43. The van der Waals surface area contributed by atoms with E-state index >= 15 is 0 Å². The molecule has 0 aromatic heterocycles. The Labute approximate surface area is 286 Å². The number of rotatable bonds is 15. The molecular weight excluding hydrogens is 670 g/mol. The van der Waals surface area contributed by atoms with Gasteiger partial charge in [0.15, 0.2) is 0 Å². The van der Waals surface area contributed by atoms with Gasteiger partial charge in [-0.1, -0.05) is 49.2 Å². The van der Waals surface area contributed by atoms with Gasteiger partial charge >= 0.3 is 24.7 Å². The molecule has 272 valence electrons. The van der Waals surface area contributed by atoms with Gasteiger partial charge in [0.05, 0.1) is 18.8 Å². The van der Waals surface area contributed by atoms with Gasteiger partial charge in [0.2, 0.25) is 0 Å². The number of carbonyl (C=O) groups excluding carboxylic acids is 3. The molecule has 0 spiro atoms. The van der Waals surface area contributed by atoms with Gasteiger partial charge in [-0.25, -0.2) is 14.0 Å². The molecule has 2 N–H and O–H groups in total. The fourth-order valence-electron chi connectivity index (χ4n) is 5.74. The molecule has 1 atom stereocenters. The zero-order valence-electron chi connectivity index (χ0n) is 27.5. The van der Waals surface area contributed by atoms with Crippen LogP contribution in [0.2, 0.25) is 0 Å². The quantitative estimate of drug-likeness (QED) is 0.0707. The van der Waals surface area contributed by atoms with Gasteiger partial charge < -0.3 is 24.8 Å². The van der Waals surface area contributed by atoms with Crippen molar-refractivity contribution in [1.82, 2.24) is 10.6 Å². The van der Waals surface area contributed by atoms with Gasteiger partial charge in [-0.05, 0) is 92.1 Å². The van der Waals surface area contributed by atoms with E-state index in [1.807, 2.05) is 0 Å². The van der Waals surface area contributed by atoms with Crippen LogP contribution < -0.4 is 20.1 Å². The number of amides is 2. The molecule has 1 saturated carbocycles. The second kappa shape index (κ2) is 19.4. The number of urea groups is 1. The van der Waals surface area contributed by atoms with Crippen LogP contribution in [0.4, 0.5) is 35.9 Å². The largest absolute Gasteiger partial charge is 0.573 e. The molecule has 0 saturated heterocycles. The molecular formula is C36H40F6N2O6. The van der Waals surface area contributed by atoms with Crippen LogP contribution in [0.3, 0.4) is 0 Å². The Morgan fingerprint density at radius 2 is 1.48 bits per heavy atom. The summed E-state index contributed by atoms with van der Waals surface area (Å²) in [5, 5.41) is 6.01. The molecule has 0 aliphatic heterocycles. The van der Waals surface area contributed by atoms with Gasteiger partial charge in [0, 0.05) is 18.9 Å². The van der Waals surface area contributed by atoms with E-state index in [0.29, 0.717) is 42.9 Å². The number of ether oxygens (including phenoxy) is 3. The smallest absolute Gasteiger partial charge is 0.494 e. The summed E-state index contributed by atoms with van der Waals surface area (Å²) >= 11 is 0. The van der Waals surface area contributed by atoms with E-state index in [4.69, 9.17) is 14.3 Å². The second-order valence-corrected chi connectivity index (χ2v) is 11.6. The monoisotopic (exact) mass is 710 g/mol. The van der Waals surface area contributed by atoms with Crippen LogP contribution in [-0.2, 0) is 21.5 Å². The molecule has 3 aromatic carbocycles. The molecule has 2 amide bonds. The molecule has 0 bridgehead atoms. The van der Waals surface area contributed by atoms with Crippen molar-refractivity contribution in [3.63, 3.8) is 0 Å². The standard InChI is InChI=1S/C35H40F4N2O5.CF2O/c1-2-44-32(42)16-4-3-7-21-45-30-19-17-25(18-20-30)24-34(26-10-8-12-28(36)22-26,41-33(43)40-29-13-5-6-14-29)27-11-9-15-31(23-27)46-35(37,38)39;2-1(3)4/h8-12,15,17-20,22-23,29H,2-7,13-14,16,21,24H2,1H3,(H2,40,41,43);. The highest BCUT2D eigenvalue weighted by atomic mass is 19.4. The Kier molecular flexibility index (Phi) is 15.4. The van der Waals surface area contributed by atoms with E-state index < -0.39 is 35.8 Å². The van der Waals surface area contributed by atoms with Crippen molar-refractivity contribution in [1.29, 1.82) is 0 Å². The Balaban J connectivity index is 0.00000160. The lowest BCUT2D eigenvalue weighted by Gasteiger charge is -2.37. The average Bonchev–Trinajstić information content (AvgIpc) is 3.55. The van der Waals surface area contributed by atoms with Crippen LogP contribution in [0.1, 0.15) is 75.0 Å². The van der Waals surface area contributed by atoms with E-state index in [2.05, 4.69) is 15.4 Å². The van der Waals surface area contributed by atoms with Gasteiger partial charge in [-0.2, -0.15) is 0 Å². The lowest BCUT2D eigenvalue weighted by molar-refractivity contribution is -0.274. The minimum Gasteiger partial charge on any atom is -0.494 e. The average molecular weight is 711 g/mol. The van der Waals surface area contributed by atoms with Crippen LogP contribution in [0, 0.1) is 5.82 Å². The highest BCUT2D eigenvalue weighted by Gasteiger charge is 2.39. The van der Waals surface area contributed by atoms with Crippen LogP contribution >= 0.6 is 0 Å². The number of hydrogen-bond donors (Lipinski definition) is 2. The molecule has 0 radical (unpaired) electrons. The number of benzene rings is 3. The van der Waals surface area contributed by atoms with Gasteiger partial charge in [-0.3, -0.25) is 4.79 Å². The molecule has 1 fully saturated rings. The van der Waals surface area contributed by atoms with Gasteiger partial charge in [0.25, 0.3) is 0 Å². The van der Waals surface area contributed by atoms with E-state index in [0.717, 1.165) is 38.5 Å². The number of carbonyl (C=O) groups is 3. The zero-order valence-corrected chi connectivity index (χ0v) is 27.5. The number of alkyl halides is 3. The Morgan fingerprint density at radius 1 is 0.840 bits per heavy atom. The van der Waals surface area contributed by atoms with Crippen LogP contribution in [0.25, 0.3) is 0 Å². The summed E-state index contributed by atoms with van der Waals surface area (Å²) in [5.74, 6) is -0.625. The van der Waals surface area contributed by atoms with Gasteiger partial charge in [-0.15, -0.1) is 22.0 Å². The number of halogens is 6. The molecule has 14 heteroatoms. The molecule has 4 rings (SSSR count). The summed E-state index contributed by atoms with van der Waals surface area (Å²) in [5.41, 5.74) is -0.128. The van der Waals surface area contributed by atoms with Crippen LogP contribution in [-0.4, -0.2) is 43.9 Å². The SMILES string of the molecule is CCOC(=O)CCCCCOc1ccc(CC(NC(=O)NC2CCCC2)(c2cccc(F)c2)c2cccc(OC(F)(F)F)c2)cc1.O=C(F)F. The lowest BCUT2D eigenvalue weighted by atomic mass is 9.77. The van der Waals surface area contributed by atoms with Crippen molar-refractivity contribution < 1.29 is 54.9 Å². The minimum atomic E-state index is -4.93. The number of unbranched alkanes of at least 4 members (excludes halogenated alkanes) is 2. The van der Waals surface area contributed by atoms with Gasteiger partial charge in [0.1, 0.15) is 17.3 Å². The third-order valence-corrected chi connectivity index (χ3v) is 7.89. The van der Waals surface area contributed by atoms with E-state index in [9.17, 15) is 35.9 Å². The normalized spacial score (nSPS) is 14.1. The molecule has 50 heavy (non-hydrogen) atoms. The first-order valence-corrected chi connectivity index (χ1v) is 16.2. The van der Waals surface area contributed by atoms with Crippen LogP contribution in [0.5, 0.6) is 11.5 Å². The zero-order chi connectivity index (χ0) is 36.6. The van der Waals surface area contributed by atoms with Crippen molar-refractivity contribution in [2.45, 2.75) is 82.7 Å². The first-order valence-electron chi connectivity index (χ1n) is 16.2. The highest BCUT2D eigenvalue weighted by Crippen LogP contribution is 2.37. The molecule has 1 aliphatic carbocycles. The number of nitrogens with one attached hydrogen (secondary N) is 2. The fourth-order valence-corrected chi connectivity index (χ4v) is 5.74. The molecule has 3 aromatic rings. The summed E-state index contributed by atoms with van der Waals surface area (Å²) in [6, 6.07) is 17.6. The third-order valence-electron chi connectivity index (χ3n) is 7.89. The Bertz CT molecular complexity index is 1530. The van der Waals surface area contributed by atoms with Crippen molar-refractivity contribution in [3.05, 3.63) is 95.3 Å². The highest BCUT2D eigenvalue weighted by molar-refractivity contribution is 5.76. The van der Waals surface area contributed by atoms with Crippen molar-refractivity contribution in [3.8, 4) is 11.5 Å². The first-order chi connectivity index (χ1) is 23.8. The first kappa shape index (κ1) is 39.7. The maximum Gasteiger partial charge on any atom is 0.573 e. The van der Waals surface area contributed by atoms with E-state index in [1.165, 1.54) is 36.4 Å². The topological polar surface area (TPSA) is 103 Å². The molecule has 1 aliphatic rings. The van der Waals surface area contributed by atoms with Crippen molar-refractivity contribution in [2.24, 2.45) is 0 Å². The summed E-state index contributed by atoms with van der Waals surface area (Å²) in [7, 11) is 0. The fraction of sp³-hybridized carbons (Fsp3) is 0.417. The maximum atomic E-state index is 14.7.